The number of benzene rings is 2. The van der Waals surface area contributed by atoms with Crippen molar-refractivity contribution in [2.75, 3.05) is 38.2 Å². The van der Waals surface area contributed by atoms with E-state index in [1.807, 2.05) is 0 Å². The van der Waals surface area contributed by atoms with Crippen LogP contribution >= 0.6 is 11.3 Å². The average Bonchev–Trinajstić information content (AvgIpc) is 3.17. The van der Waals surface area contributed by atoms with Gasteiger partial charge in [0, 0.05) is 37.1 Å². The van der Waals surface area contributed by atoms with Crippen molar-refractivity contribution in [2.24, 2.45) is 0 Å². The van der Waals surface area contributed by atoms with E-state index in [2.05, 4.69) is 77.6 Å². The Labute approximate surface area is 184 Å². The second-order valence-corrected chi connectivity index (χ2v) is 8.71. The first kappa shape index (κ1) is 20.9. The molecule has 158 valence electrons. The van der Waals surface area contributed by atoms with Crippen LogP contribution in [0.15, 0.2) is 53.9 Å². The lowest BCUT2D eigenvalue weighted by Crippen LogP contribution is -2.32. The molecule has 1 aromatic heterocycles. The van der Waals surface area contributed by atoms with Crippen molar-refractivity contribution in [3.05, 3.63) is 65.2 Å². The fraction of sp³-hybridized carbons (Fsp3) is 0.400. The number of methoxy groups -OCH3 is 1. The van der Waals surface area contributed by atoms with Gasteiger partial charge in [-0.1, -0.05) is 43.3 Å². The quantitative estimate of drug-likeness (QED) is 0.514. The van der Waals surface area contributed by atoms with Crippen LogP contribution in [0.25, 0.3) is 10.6 Å². The summed E-state index contributed by atoms with van der Waals surface area (Å²) in [5.41, 5.74) is 4.96. The van der Waals surface area contributed by atoms with Crippen molar-refractivity contribution < 1.29 is 4.74 Å². The molecule has 1 saturated heterocycles. The van der Waals surface area contributed by atoms with Gasteiger partial charge < -0.3 is 9.64 Å². The van der Waals surface area contributed by atoms with Gasteiger partial charge >= 0.3 is 0 Å². The number of aryl methyl sites for hydroxylation is 1. The molecule has 1 unspecified atom stereocenters. The molecule has 2 aromatic carbocycles. The lowest BCUT2D eigenvalue weighted by atomic mass is 10.1. The highest BCUT2D eigenvalue weighted by molar-refractivity contribution is 7.13. The van der Waals surface area contributed by atoms with E-state index in [0.29, 0.717) is 6.04 Å². The van der Waals surface area contributed by atoms with Crippen LogP contribution in [-0.4, -0.2) is 43.2 Å². The van der Waals surface area contributed by atoms with Crippen molar-refractivity contribution in [1.82, 2.24) is 9.88 Å². The van der Waals surface area contributed by atoms with Crippen molar-refractivity contribution >= 4 is 17.0 Å². The predicted octanol–water partition coefficient (Wildman–Crippen LogP) is 5.65. The molecule has 2 heterocycles. The first-order valence-corrected chi connectivity index (χ1v) is 11.7. The Hall–Kier alpha value is -2.37. The van der Waals surface area contributed by atoms with E-state index in [-0.39, 0.29) is 0 Å². The zero-order valence-corrected chi connectivity index (χ0v) is 19.0. The van der Waals surface area contributed by atoms with Gasteiger partial charge in [0.1, 0.15) is 10.8 Å². The Morgan fingerprint density at radius 2 is 1.90 bits per heavy atom. The topological polar surface area (TPSA) is 28.6 Å². The second kappa shape index (κ2) is 9.63. The molecule has 5 heteroatoms. The van der Waals surface area contributed by atoms with Gasteiger partial charge in [0.05, 0.1) is 24.5 Å². The summed E-state index contributed by atoms with van der Waals surface area (Å²) in [5.74, 6) is 0.973. The molecule has 0 amide bonds. The summed E-state index contributed by atoms with van der Waals surface area (Å²) in [6.45, 7) is 8.67. The van der Waals surface area contributed by atoms with E-state index in [0.717, 1.165) is 49.8 Å². The van der Waals surface area contributed by atoms with Gasteiger partial charge in [-0.3, -0.25) is 4.90 Å². The van der Waals surface area contributed by atoms with Gasteiger partial charge in [0.25, 0.3) is 0 Å². The lowest BCUT2D eigenvalue weighted by molar-refractivity contribution is 0.223. The Morgan fingerprint density at radius 1 is 1.07 bits per heavy atom. The maximum Gasteiger partial charge on any atom is 0.142 e. The molecule has 3 aromatic rings. The van der Waals surface area contributed by atoms with Gasteiger partial charge in [0.2, 0.25) is 0 Å². The summed E-state index contributed by atoms with van der Waals surface area (Å²) >= 11 is 1.74. The molecule has 0 radical (unpaired) electrons. The average molecular weight is 422 g/mol. The second-order valence-electron chi connectivity index (χ2n) is 7.86. The summed E-state index contributed by atoms with van der Waals surface area (Å²) < 4.78 is 5.66. The first-order valence-electron chi connectivity index (χ1n) is 10.9. The van der Waals surface area contributed by atoms with Crippen LogP contribution in [0.2, 0.25) is 0 Å². The monoisotopic (exact) mass is 421 g/mol. The smallest absolute Gasteiger partial charge is 0.142 e. The fourth-order valence-electron chi connectivity index (χ4n) is 4.15. The van der Waals surface area contributed by atoms with E-state index in [4.69, 9.17) is 9.72 Å². The Kier molecular flexibility index (Phi) is 6.70. The molecule has 4 nitrogen and oxygen atoms in total. The molecule has 4 rings (SSSR count). The number of anilines is 1. The first-order chi connectivity index (χ1) is 14.7. The highest BCUT2D eigenvalue weighted by Gasteiger charge is 2.23. The third-order valence-corrected chi connectivity index (χ3v) is 6.95. The molecule has 1 fully saturated rings. The van der Waals surface area contributed by atoms with Crippen molar-refractivity contribution in [1.29, 1.82) is 0 Å². The third-order valence-electron chi connectivity index (χ3n) is 6.04. The van der Waals surface area contributed by atoms with Crippen LogP contribution in [0.5, 0.6) is 5.75 Å². The number of thiazole rings is 1. The zero-order valence-electron chi connectivity index (χ0n) is 18.2. The van der Waals surface area contributed by atoms with Gasteiger partial charge in [-0.25, -0.2) is 4.98 Å². The Bertz CT molecular complexity index is 956. The van der Waals surface area contributed by atoms with Crippen molar-refractivity contribution in [3.8, 4) is 16.3 Å². The molecule has 30 heavy (non-hydrogen) atoms. The van der Waals surface area contributed by atoms with Crippen LogP contribution in [0, 0.1) is 0 Å². The predicted molar refractivity (Wildman–Crippen MR) is 127 cm³/mol. The molecule has 0 spiro atoms. The Balaban J connectivity index is 1.46. The van der Waals surface area contributed by atoms with Gasteiger partial charge in [-0.2, -0.15) is 0 Å². The van der Waals surface area contributed by atoms with Crippen LogP contribution in [0.3, 0.4) is 0 Å². The standard InChI is InChI=1S/C25H31N3OS/c1-4-20-11-12-24(29-3)23(17-20)28-14-8-13-27(15-16-28)19(2)22-18-30-25(26-22)21-9-6-5-7-10-21/h5-7,9-12,17-19H,4,8,13-16H2,1-3H3. The van der Waals surface area contributed by atoms with E-state index >= 15 is 0 Å². The summed E-state index contributed by atoms with van der Waals surface area (Å²) in [6, 6.07) is 17.4. The summed E-state index contributed by atoms with van der Waals surface area (Å²) in [7, 11) is 1.77. The van der Waals surface area contributed by atoms with E-state index < -0.39 is 0 Å². The molecular formula is C25H31N3OS. The maximum absolute atomic E-state index is 5.66. The highest BCUT2D eigenvalue weighted by atomic mass is 32.1. The fourth-order valence-corrected chi connectivity index (χ4v) is 5.06. The number of nitrogens with zero attached hydrogens (tertiary/aromatic N) is 3. The van der Waals surface area contributed by atoms with E-state index in [9.17, 15) is 0 Å². The van der Waals surface area contributed by atoms with E-state index in [1.165, 1.54) is 22.5 Å². The van der Waals surface area contributed by atoms with Crippen LogP contribution in [0.4, 0.5) is 5.69 Å². The SMILES string of the molecule is CCc1ccc(OC)c(N2CCCN(C(C)c3csc(-c4ccccc4)n3)CC2)c1. The molecule has 0 saturated carbocycles. The Morgan fingerprint density at radius 3 is 2.67 bits per heavy atom. The van der Waals surface area contributed by atoms with Crippen LogP contribution in [-0.2, 0) is 6.42 Å². The van der Waals surface area contributed by atoms with Gasteiger partial charge in [0.15, 0.2) is 0 Å². The molecule has 0 bridgehead atoms. The molecular weight excluding hydrogens is 390 g/mol. The van der Waals surface area contributed by atoms with Crippen LogP contribution in [0.1, 0.15) is 37.6 Å². The van der Waals surface area contributed by atoms with Gasteiger partial charge in [-0.05, 0) is 37.5 Å². The maximum atomic E-state index is 5.66. The summed E-state index contributed by atoms with van der Waals surface area (Å²) in [6.07, 6.45) is 2.18. The molecule has 0 aliphatic carbocycles. The molecule has 1 aliphatic heterocycles. The molecule has 1 aliphatic rings. The molecule has 1 atom stereocenters. The number of hydrogen-bond donors (Lipinski definition) is 0. The van der Waals surface area contributed by atoms with E-state index in [1.54, 1.807) is 18.4 Å². The van der Waals surface area contributed by atoms with Crippen LogP contribution < -0.4 is 9.64 Å². The lowest BCUT2D eigenvalue weighted by Gasteiger charge is -2.28. The number of ether oxygens (including phenoxy) is 1. The summed E-state index contributed by atoms with van der Waals surface area (Å²) in [4.78, 5) is 10.0. The summed E-state index contributed by atoms with van der Waals surface area (Å²) in [5, 5.41) is 3.33. The minimum Gasteiger partial charge on any atom is -0.495 e. The zero-order chi connectivity index (χ0) is 20.9. The largest absolute Gasteiger partial charge is 0.495 e. The minimum atomic E-state index is 0.322. The number of rotatable bonds is 6. The van der Waals surface area contributed by atoms with Crippen molar-refractivity contribution in [2.45, 2.75) is 32.7 Å². The number of aromatic nitrogens is 1. The number of hydrogen-bond acceptors (Lipinski definition) is 5. The molecule has 0 N–H and O–H groups in total. The van der Waals surface area contributed by atoms with Crippen molar-refractivity contribution in [3.63, 3.8) is 0 Å². The minimum absolute atomic E-state index is 0.322. The van der Waals surface area contributed by atoms with Gasteiger partial charge in [-0.15, -0.1) is 11.3 Å². The highest BCUT2D eigenvalue weighted by Crippen LogP contribution is 2.32. The third kappa shape index (κ3) is 4.52. The normalized spacial score (nSPS) is 16.3.